The molecular weight excluding hydrogens is 214 g/mol. The van der Waals surface area contributed by atoms with Gasteiger partial charge in [0.05, 0.1) is 19.2 Å². The normalized spacial score (nSPS) is 28.9. The minimum Gasteiger partial charge on any atom is -0.378 e. The van der Waals surface area contributed by atoms with Gasteiger partial charge in [0.15, 0.2) is 0 Å². The van der Waals surface area contributed by atoms with Crippen molar-refractivity contribution in [2.75, 3.05) is 19.7 Å². The first kappa shape index (κ1) is 13.8. The fourth-order valence-electron chi connectivity index (χ4n) is 2.06. The zero-order valence-corrected chi connectivity index (χ0v) is 10.2. The maximum Gasteiger partial charge on any atom is 0.272 e. The van der Waals surface area contributed by atoms with Gasteiger partial charge in [0, 0.05) is 18.1 Å². The minimum atomic E-state index is -2.81. The van der Waals surface area contributed by atoms with Crippen LogP contribution in [0, 0.1) is 5.41 Å². The fourth-order valence-corrected chi connectivity index (χ4v) is 2.06. The largest absolute Gasteiger partial charge is 0.378 e. The molecule has 0 bridgehead atoms. The predicted octanol–water partition coefficient (Wildman–Crippen LogP) is 1.37. The minimum absolute atomic E-state index is 0.0827. The molecule has 2 unspecified atom stereocenters. The lowest BCUT2D eigenvalue weighted by atomic mass is 9.64. The fraction of sp³-hybridized carbons (Fsp3) is 1.00. The van der Waals surface area contributed by atoms with Gasteiger partial charge in [-0.3, -0.25) is 0 Å². The molecule has 1 saturated carbocycles. The molecule has 3 N–H and O–H groups in total. The second-order valence-corrected chi connectivity index (χ2v) is 4.99. The van der Waals surface area contributed by atoms with E-state index in [0.29, 0.717) is 6.61 Å². The Morgan fingerprint density at radius 2 is 2.12 bits per heavy atom. The maximum atomic E-state index is 13.0. The summed E-state index contributed by atoms with van der Waals surface area (Å²) in [6, 6.07) is 0.0847. The van der Waals surface area contributed by atoms with E-state index in [9.17, 15) is 8.78 Å². The third-order valence-electron chi connectivity index (χ3n) is 3.45. The lowest BCUT2D eigenvalue weighted by Gasteiger charge is -2.52. The van der Waals surface area contributed by atoms with Crippen LogP contribution in [-0.2, 0) is 4.74 Å². The molecule has 2 atom stereocenters. The molecule has 16 heavy (non-hydrogen) atoms. The average molecular weight is 236 g/mol. The van der Waals surface area contributed by atoms with Gasteiger partial charge in [-0.1, -0.05) is 13.8 Å². The molecule has 0 aromatic carbocycles. The van der Waals surface area contributed by atoms with Crippen molar-refractivity contribution in [3.8, 4) is 0 Å². The van der Waals surface area contributed by atoms with Crippen LogP contribution in [-0.4, -0.2) is 37.8 Å². The molecule has 1 rings (SSSR count). The molecule has 0 heterocycles. The Morgan fingerprint density at radius 1 is 1.50 bits per heavy atom. The average Bonchev–Trinajstić information content (AvgIpc) is 2.22. The SMILES string of the molecule is CCOC1CC(NCC(F)(F)CN)C1(C)C. The molecule has 1 fully saturated rings. The highest BCUT2D eigenvalue weighted by Gasteiger charge is 2.49. The van der Waals surface area contributed by atoms with Gasteiger partial charge in [0.2, 0.25) is 0 Å². The Hall–Kier alpha value is -0.260. The lowest BCUT2D eigenvalue weighted by molar-refractivity contribution is -0.119. The molecule has 0 aliphatic heterocycles. The van der Waals surface area contributed by atoms with Crippen LogP contribution < -0.4 is 11.1 Å². The Kier molecular flexibility index (Phi) is 4.26. The van der Waals surface area contributed by atoms with E-state index in [-0.39, 0.29) is 24.1 Å². The van der Waals surface area contributed by atoms with Crippen molar-refractivity contribution in [3.63, 3.8) is 0 Å². The van der Waals surface area contributed by atoms with Crippen LogP contribution in [0.5, 0.6) is 0 Å². The molecule has 1 aliphatic carbocycles. The van der Waals surface area contributed by atoms with Gasteiger partial charge < -0.3 is 15.8 Å². The molecule has 0 aromatic rings. The van der Waals surface area contributed by atoms with E-state index in [1.807, 2.05) is 20.8 Å². The molecule has 0 amide bonds. The van der Waals surface area contributed by atoms with Gasteiger partial charge in [-0.15, -0.1) is 0 Å². The number of hydrogen-bond donors (Lipinski definition) is 2. The van der Waals surface area contributed by atoms with E-state index in [2.05, 4.69) is 5.32 Å². The second-order valence-electron chi connectivity index (χ2n) is 4.99. The van der Waals surface area contributed by atoms with E-state index in [1.54, 1.807) is 0 Å². The Labute approximate surface area is 95.7 Å². The molecule has 5 heteroatoms. The van der Waals surface area contributed by atoms with Crippen molar-refractivity contribution in [1.82, 2.24) is 5.32 Å². The zero-order chi connectivity index (χ0) is 12.4. The number of halogens is 2. The molecule has 0 radical (unpaired) electrons. The van der Waals surface area contributed by atoms with Gasteiger partial charge >= 0.3 is 0 Å². The summed E-state index contributed by atoms with van der Waals surface area (Å²) in [5, 5.41) is 2.88. The van der Waals surface area contributed by atoms with Crippen molar-refractivity contribution >= 4 is 0 Å². The number of nitrogens with two attached hydrogens (primary N) is 1. The standard InChI is InChI=1S/C11H22F2N2O/c1-4-16-9-5-8(10(9,2)3)15-7-11(12,13)6-14/h8-9,15H,4-7,14H2,1-3H3. The second kappa shape index (κ2) is 4.94. The zero-order valence-electron chi connectivity index (χ0n) is 10.2. The topological polar surface area (TPSA) is 47.3 Å². The summed E-state index contributed by atoms with van der Waals surface area (Å²) >= 11 is 0. The van der Waals surface area contributed by atoms with Crippen LogP contribution in [0.25, 0.3) is 0 Å². The van der Waals surface area contributed by atoms with Gasteiger partial charge in [-0.2, -0.15) is 0 Å². The first-order valence-electron chi connectivity index (χ1n) is 5.76. The third-order valence-corrected chi connectivity index (χ3v) is 3.45. The molecule has 1 aliphatic rings. The van der Waals surface area contributed by atoms with Gasteiger partial charge in [-0.05, 0) is 13.3 Å². The van der Waals surface area contributed by atoms with E-state index in [1.165, 1.54) is 0 Å². The van der Waals surface area contributed by atoms with Crippen LogP contribution >= 0.6 is 0 Å². The van der Waals surface area contributed by atoms with E-state index >= 15 is 0 Å². The van der Waals surface area contributed by atoms with Crippen LogP contribution in [0.3, 0.4) is 0 Å². The van der Waals surface area contributed by atoms with Gasteiger partial charge in [-0.25, -0.2) is 8.78 Å². The highest BCUT2D eigenvalue weighted by atomic mass is 19.3. The first-order chi connectivity index (χ1) is 7.33. The number of nitrogens with one attached hydrogen (secondary N) is 1. The van der Waals surface area contributed by atoms with Crippen LogP contribution in [0.15, 0.2) is 0 Å². The number of hydrogen-bond acceptors (Lipinski definition) is 3. The summed E-state index contributed by atoms with van der Waals surface area (Å²) in [5.74, 6) is -2.81. The highest BCUT2D eigenvalue weighted by Crippen LogP contribution is 2.42. The van der Waals surface area contributed by atoms with Crippen molar-refractivity contribution < 1.29 is 13.5 Å². The van der Waals surface area contributed by atoms with Crippen LogP contribution in [0.1, 0.15) is 27.2 Å². The molecule has 0 aromatic heterocycles. The van der Waals surface area contributed by atoms with E-state index in [4.69, 9.17) is 10.5 Å². The summed E-state index contributed by atoms with van der Waals surface area (Å²) in [7, 11) is 0. The molecular formula is C11H22F2N2O. The number of alkyl halides is 2. The van der Waals surface area contributed by atoms with Crippen molar-refractivity contribution in [2.45, 2.75) is 45.3 Å². The Bertz CT molecular complexity index is 234. The quantitative estimate of drug-likeness (QED) is 0.732. The molecule has 0 spiro atoms. The van der Waals surface area contributed by atoms with Gasteiger partial charge in [0.25, 0.3) is 5.92 Å². The first-order valence-corrected chi connectivity index (χ1v) is 5.76. The van der Waals surface area contributed by atoms with Crippen molar-refractivity contribution in [1.29, 1.82) is 0 Å². The molecule has 0 saturated heterocycles. The lowest BCUT2D eigenvalue weighted by Crippen LogP contribution is -2.62. The summed E-state index contributed by atoms with van der Waals surface area (Å²) < 4.78 is 31.4. The van der Waals surface area contributed by atoms with Crippen LogP contribution in [0.2, 0.25) is 0 Å². The maximum absolute atomic E-state index is 13.0. The Morgan fingerprint density at radius 3 is 2.56 bits per heavy atom. The van der Waals surface area contributed by atoms with Crippen molar-refractivity contribution in [3.05, 3.63) is 0 Å². The summed E-state index contributed by atoms with van der Waals surface area (Å²) in [6.07, 6.45) is 0.961. The summed E-state index contributed by atoms with van der Waals surface area (Å²) in [6.45, 7) is 5.72. The predicted molar refractivity (Wildman–Crippen MR) is 59.6 cm³/mol. The molecule has 3 nitrogen and oxygen atoms in total. The smallest absolute Gasteiger partial charge is 0.272 e. The van der Waals surface area contributed by atoms with Crippen molar-refractivity contribution in [2.24, 2.45) is 11.1 Å². The third kappa shape index (κ3) is 2.90. The van der Waals surface area contributed by atoms with Gasteiger partial charge in [0.1, 0.15) is 0 Å². The monoisotopic (exact) mass is 236 g/mol. The van der Waals surface area contributed by atoms with E-state index in [0.717, 1.165) is 6.42 Å². The van der Waals surface area contributed by atoms with Crippen LogP contribution in [0.4, 0.5) is 8.78 Å². The van der Waals surface area contributed by atoms with E-state index < -0.39 is 12.5 Å². The summed E-state index contributed by atoms with van der Waals surface area (Å²) in [5.41, 5.74) is 4.90. The number of ether oxygens (including phenoxy) is 1. The Balaban J connectivity index is 2.36. The number of rotatable bonds is 6. The summed E-state index contributed by atoms with van der Waals surface area (Å²) in [4.78, 5) is 0. The molecule has 96 valence electrons. The highest BCUT2D eigenvalue weighted by molar-refractivity contribution is 5.03.